The minimum absolute atomic E-state index is 0.526. The van der Waals surface area contributed by atoms with Crippen LogP contribution in [0.2, 0.25) is 0 Å². The summed E-state index contributed by atoms with van der Waals surface area (Å²) in [6, 6.07) is 1.25. The second-order valence-corrected chi connectivity index (χ2v) is 5.79. The quantitative estimate of drug-likeness (QED) is 0.759. The van der Waals surface area contributed by atoms with Crippen molar-refractivity contribution in [3.63, 3.8) is 0 Å². The van der Waals surface area contributed by atoms with Crippen molar-refractivity contribution in [3.05, 3.63) is 0 Å². The van der Waals surface area contributed by atoms with Gasteiger partial charge in [-0.2, -0.15) is 11.8 Å². The molecular weight excluding hydrogens is 206 g/mol. The van der Waals surface area contributed by atoms with Crippen LogP contribution in [0.15, 0.2) is 0 Å². The van der Waals surface area contributed by atoms with Gasteiger partial charge >= 0.3 is 0 Å². The van der Waals surface area contributed by atoms with Gasteiger partial charge in [-0.25, -0.2) is 0 Å². The predicted molar refractivity (Wildman–Crippen MR) is 68.6 cm³/mol. The molecule has 15 heavy (non-hydrogen) atoms. The smallest absolute Gasteiger partial charge is 0.0622 e. The normalized spacial score (nSPS) is 20.8. The molecule has 1 aliphatic heterocycles. The largest absolute Gasteiger partial charge is 0.380 e. The number of thioether (sulfide) groups is 1. The monoisotopic (exact) mass is 231 g/mol. The lowest BCUT2D eigenvalue weighted by molar-refractivity contribution is 0.103. The van der Waals surface area contributed by atoms with Gasteiger partial charge in [0.25, 0.3) is 0 Å². The standard InChI is InChI=1S/C12H25NOS/c1-4-14-9-12(10(2)3)13-11-5-7-15-8-6-11/h10-13H,4-9H2,1-3H3. The molecule has 1 saturated heterocycles. The maximum absolute atomic E-state index is 5.53. The third-order valence-corrected chi connectivity index (χ3v) is 4.03. The van der Waals surface area contributed by atoms with Gasteiger partial charge in [0.15, 0.2) is 0 Å². The van der Waals surface area contributed by atoms with Crippen LogP contribution in [0.25, 0.3) is 0 Å². The molecule has 0 aromatic heterocycles. The first-order valence-corrected chi connectivity index (χ1v) is 7.31. The van der Waals surface area contributed by atoms with Crippen LogP contribution in [-0.2, 0) is 4.74 Å². The lowest BCUT2D eigenvalue weighted by atomic mass is 10.0. The minimum Gasteiger partial charge on any atom is -0.380 e. The van der Waals surface area contributed by atoms with Crippen LogP contribution >= 0.6 is 11.8 Å². The Labute approximate surface area is 98.5 Å². The molecule has 0 spiro atoms. The SMILES string of the molecule is CCOCC(NC1CCSCC1)C(C)C. The fourth-order valence-electron chi connectivity index (χ4n) is 1.84. The van der Waals surface area contributed by atoms with Crippen molar-refractivity contribution >= 4 is 11.8 Å². The van der Waals surface area contributed by atoms with Crippen molar-refractivity contribution in [2.45, 2.75) is 45.7 Å². The van der Waals surface area contributed by atoms with Crippen LogP contribution in [0.5, 0.6) is 0 Å². The second-order valence-electron chi connectivity index (χ2n) is 4.56. The molecule has 3 heteroatoms. The van der Waals surface area contributed by atoms with E-state index in [4.69, 9.17) is 4.74 Å². The predicted octanol–water partition coefficient (Wildman–Crippen LogP) is 2.53. The second kappa shape index (κ2) is 7.53. The molecule has 1 rings (SSSR count). The van der Waals surface area contributed by atoms with E-state index in [0.29, 0.717) is 12.0 Å². The van der Waals surface area contributed by atoms with Crippen molar-refractivity contribution < 1.29 is 4.74 Å². The first-order valence-electron chi connectivity index (χ1n) is 6.15. The summed E-state index contributed by atoms with van der Waals surface area (Å²) in [5.41, 5.74) is 0. The fraction of sp³-hybridized carbons (Fsp3) is 1.00. The van der Waals surface area contributed by atoms with Gasteiger partial charge in [0.1, 0.15) is 0 Å². The highest BCUT2D eigenvalue weighted by Crippen LogP contribution is 2.18. The molecule has 0 aromatic carbocycles. The van der Waals surface area contributed by atoms with Crippen LogP contribution in [0, 0.1) is 5.92 Å². The summed E-state index contributed by atoms with van der Waals surface area (Å²) < 4.78 is 5.53. The molecule has 1 unspecified atom stereocenters. The molecule has 1 aliphatic rings. The molecule has 0 radical (unpaired) electrons. The molecule has 1 atom stereocenters. The highest BCUT2D eigenvalue weighted by molar-refractivity contribution is 7.99. The molecule has 1 fully saturated rings. The first-order chi connectivity index (χ1) is 7.24. The van der Waals surface area contributed by atoms with Gasteiger partial charge in [0, 0.05) is 18.7 Å². The maximum atomic E-state index is 5.53. The van der Waals surface area contributed by atoms with E-state index < -0.39 is 0 Å². The topological polar surface area (TPSA) is 21.3 Å². The number of hydrogen-bond donors (Lipinski definition) is 1. The third kappa shape index (κ3) is 5.23. The van der Waals surface area contributed by atoms with E-state index >= 15 is 0 Å². The Kier molecular flexibility index (Phi) is 6.69. The fourth-order valence-corrected chi connectivity index (χ4v) is 2.95. The molecule has 0 saturated carbocycles. The van der Waals surface area contributed by atoms with Crippen molar-refractivity contribution in [2.24, 2.45) is 5.92 Å². The van der Waals surface area contributed by atoms with Crippen molar-refractivity contribution in [1.82, 2.24) is 5.32 Å². The molecule has 2 nitrogen and oxygen atoms in total. The van der Waals surface area contributed by atoms with Crippen LogP contribution in [0.4, 0.5) is 0 Å². The van der Waals surface area contributed by atoms with E-state index in [1.807, 2.05) is 0 Å². The summed E-state index contributed by atoms with van der Waals surface area (Å²) in [4.78, 5) is 0. The first kappa shape index (κ1) is 13.3. The number of nitrogens with one attached hydrogen (secondary N) is 1. The average Bonchev–Trinajstić information content (AvgIpc) is 2.25. The molecule has 0 amide bonds. The summed E-state index contributed by atoms with van der Waals surface area (Å²) >= 11 is 2.08. The number of rotatable bonds is 6. The lowest BCUT2D eigenvalue weighted by Gasteiger charge is -2.30. The van der Waals surface area contributed by atoms with Crippen molar-refractivity contribution in [3.8, 4) is 0 Å². The van der Waals surface area contributed by atoms with Gasteiger partial charge in [-0.05, 0) is 37.2 Å². The van der Waals surface area contributed by atoms with Crippen molar-refractivity contribution in [2.75, 3.05) is 24.7 Å². The van der Waals surface area contributed by atoms with Crippen LogP contribution in [0.3, 0.4) is 0 Å². The van der Waals surface area contributed by atoms with E-state index in [-0.39, 0.29) is 0 Å². The van der Waals surface area contributed by atoms with E-state index in [9.17, 15) is 0 Å². The van der Waals surface area contributed by atoms with Gasteiger partial charge < -0.3 is 10.1 Å². The van der Waals surface area contributed by atoms with Gasteiger partial charge in [-0.15, -0.1) is 0 Å². The Morgan fingerprint density at radius 1 is 1.33 bits per heavy atom. The molecule has 90 valence electrons. The van der Waals surface area contributed by atoms with Gasteiger partial charge in [0.2, 0.25) is 0 Å². The highest BCUT2D eigenvalue weighted by Gasteiger charge is 2.20. The van der Waals surface area contributed by atoms with E-state index in [0.717, 1.165) is 19.3 Å². The van der Waals surface area contributed by atoms with E-state index in [1.54, 1.807) is 0 Å². The Morgan fingerprint density at radius 2 is 2.00 bits per heavy atom. The zero-order chi connectivity index (χ0) is 11.1. The number of hydrogen-bond acceptors (Lipinski definition) is 3. The number of ether oxygens (including phenoxy) is 1. The minimum atomic E-state index is 0.526. The summed E-state index contributed by atoms with van der Waals surface area (Å²) in [7, 11) is 0. The average molecular weight is 231 g/mol. The van der Waals surface area contributed by atoms with Crippen LogP contribution in [0.1, 0.15) is 33.6 Å². The van der Waals surface area contributed by atoms with Crippen LogP contribution in [-0.4, -0.2) is 36.8 Å². The lowest BCUT2D eigenvalue weighted by Crippen LogP contribution is -2.45. The van der Waals surface area contributed by atoms with E-state index in [2.05, 4.69) is 37.8 Å². The van der Waals surface area contributed by atoms with Crippen molar-refractivity contribution in [1.29, 1.82) is 0 Å². The van der Waals surface area contributed by atoms with Gasteiger partial charge in [-0.1, -0.05) is 13.8 Å². The van der Waals surface area contributed by atoms with Gasteiger partial charge in [-0.3, -0.25) is 0 Å². The summed E-state index contributed by atoms with van der Waals surface area (Å²) in [6.07, 6.45) is 2.64. The summed E-state index contributed by atoms with van der Waals surface area (Å²) in [6.45, 7) is 8.29. The summed E-state index contributed by atoms with van der Waals surface area (Å²) in [5.74, 6) is 3.29. The molecule has 1 N–H and O–H groups in total. The Morgan fingerprint density at radius 3 is 2.53 bits per heavy atom. The molecule has 1 heterocycles. The van der Waals surface area contributed by atoms with E-state index in [1.165, 1.54) is 24.3 Å². The maximum Gasteiger partial charge on any atom is 0.0622 e. The third-order valence-electron chi connectivity index (χ3n) is 2.98. The Hall–Kier alpha value is 0.270. The van der Waals surface area contributed by atoms with Crippen LogP contribution < -0.4 is 5.32 Å². The zero-order valence-electron chi connectivity index (χ0n) is 10.3. The molecule has 0 aliphatic carbocycles. The summed E-state index contributed by atoms with van der Waals surface area (Å²) in [5, 5.41) is 3.75. The molecule has 0 aromatic rings. The Balaban J connectivity index is 2.28. The molecular formula is C12H25NOS. The zero-order valence-corrected chi connectivity index (χ0v) is 11.1. The Bertz CT molecular complexity index is 158. The highest BCUT2D eigenvalue weighted by atomic mass is 32.2. The van der Waals surface area contributed by atoms with Gasteiger partial charge in [0.05, 0.1) is 6.61 Å². The molecule has 0 bridgehead atoms.